The molecule has 0 bridgehead atoms. The number of hydrogen-bond acceptors (Lipinski definition) is 4. The largest absolute Gasteiger partial charge is 0.375 e. The molecule has 1 aromatic carbocycles. The molecule has 0 fully saturated rings. The van der Waals surface area contributed by atoms with E-state index in [-0.39, 0.29) is 5.41 Å². The van der Waals surface area contributed by atoms with Crippen molar-refractivity contribution >= 4 is 11.3 Å². The van der Waals surface area contributed by atoms with Crippen LogP contribution in [-0.2, 0) is 17.9 Å². The lowest BCUT2D eigenvalue weighted by atomic mass is 9.95. The van der Waals surface area contributed by atoms with Gasteiger partial charge in [0.05, 0.1) is 23.9 Å². The summed E-state index contributed by atoms with van der Waals surface area (Å²) in [7, 11) is 0. The maximum atomic E-state index is 5.80. The summed E-state index contributed by atoms with van der Waals surface area (Å²) in [6.45, 7) is 9.62. The first kappa shape index (κ1) is 16.1. The molecule has 0 aliphatic carbocycles. The highest BCUT2D eigenvalue weighted by atomic mass is 32.1. The Bertz CT molecular complexity index is 537. The zero-order valence-electron chi connectivity index (χ0n) is 13.1. The molecule has 0 atom stereocenters. The minimum atomic E-state index is 0.111. The van der Waals surface area contributed by atoms with Crippen molar-refractivity contribution in [2.75, 3.05) is 13.2 Å². The van der Waals surface area contributed by atoms with Crippen LogP contribution in [0, 0.1) is 12.3 Å². The molecule has 0 aliphatic rings. The molecule has 0 radical (unpaired) electrons. The molecule has 0 saturated heterocycles. The number of nitrogens with zero attached hydrogens (tertiary/aromatic N) is 1. The summed E-state index contributed by atoms with van der Waals surface area (Å²) in [5.41, 5.74) is 2.46. The molecule has 0 aliphatic heterocycles. The molecule has 0 amide bonds. The van der Waals surface area contributed by atoms with Crippen molar-refractivity contribution in [3.8, 4) is 0 Å². The van der Waals surface area contributed by atoms with Crippen molar-refractivity contribution in [2.24, 2.45) is 5.41 Å². The third-order valence-electron chi connectivity index (χ3n) is 3.18. The van der Waals surface area contributed by atoms with Crippen LogP contribution in [0.15, 0.2) is 35.7 Å². The van der Waals surface area contributed by atoms with Crippen molar-refractivity contribution in [3.63, 3.8) is 0 Å². The molecule has 2 aromatic rings. The highest BCUT2D eigenvalue weighted by Crippen LogP contribution is 2.16. The van der Waals surface area contributed by atoms with E-state index >= 15 is 0 Å². The maximum Gasteiger partial charge on any atom is 0.0898 e. The molecule has 1 aromatic heterocycles. The van der Waals surface area contributed by atoms with Crippen LogP contribution in [0.4, 0.5) is 0 Å². The standard InChI is InChI=1S/C17H24N2OS/c1-14-19-16(11-21-14)10-20-13-17(2,3)12-18-9-15-7-5-4-6-8-15/h4-8,11,18H,9-10,12-13H2,1-3H3. The quantitative estimate of drug-likeness (QED) is 0.806. The van der Waals surface area contributed by atoms with Gasteiger partial charge >= 0.3 is 0 Å². The number of ether oxygens (including phenoxy) is 1. The summed E-state index contributed by atoms with van der Waals surface area (Å²) < 4.78 is 5.80. The van der Waals surface area contributed by atoms with Crippen LogP contribution in [0.25, 0.3) is 0 Å². The van der Waals surface area contributed by atoms with Gasteiger partial charge in [-0.15, -0.1) is 11.3 Å². The fourth-order valence-corrected chi connectivity index (χ4v) is 2.70. The minimum Gasteiger partial charge on any atom is -0.375 e. The Balaban J connectivity index is 1.66. The lowest BCUT2D eigenvalue weighted by molar-refractivity contribution is 0.0496. The molecule has 0 saturated carbocycles. The Morgan fingerprint density at radius 2 is 2.00 bits per heavy atom. The number of aryl methyl sites for hydroxylation is 1. The normalized spacial score (nSPS) is 11.8. The number of benzene rings is 1. The molecular weight excluding hydrogens is 280 g/mol. The number of aromatic nitrogens is 1. The van der Waals surface area contributed by atoms with Crippen LogP contribution in [0.5, 0.6) is 0 Å². The predicted molar refractivity (Wildman–Crippen MR) is 88.4 cm³/mol. The Morgan fingerprint density at radius 1 is 1.24 bits per heavy atom. The summed E-state index contributed by atoms with van der Waals surface area (Å²) in [4.78, 5) is 4.41. The van der Waals surface area contributed by atoms with E-state index < -0.39 is 0 Å². The van der Waals surface area contributed by atoms with Crippen LogP contribution in [0.2, 0.25) is 0 Å². The van der Waals surface area contributed by atoms with Crippen LogP contribution >= 0.6 is 11.3 Å². The van der Waals surface area contributed by atoms with E-state index in [9.17, 15) is 0 Å². The summed E-state index contributed by atoms with van der Waals surface area (Å²) in [6, 6.07) is 10.5. The van der Waals surface area contributed by atoms with Gasteiger partial charge in [0.1, 0.15) is 0 Å². The van der Waals surface area contributed by atoms with Crippen LogP contribution in [0.1, 0.15) is 30.1 Å². The molecule has 1 heterocycles. The van der Waals surface area contributed by atoms with Gasteiger partial charge in [-0.25, -0.2) is 4.98 Å². The van der Waals surface area contributed by atoms with Crippen molar-refractivity contribution in [1.29, 1.82) is 0 Å². The first-order valence-corrected chi connectivity index (χ1v) is 8.16. The summed E-state index contributed by atoms with van der Waals surface area (Å²) in [5.74, 6) is 0. The van der Waals surface area contributed by atoms with Gasteiger partial charge in [0.25, 0.3) is 0 Å². The second-order valence-corrected chi connectivity index (χ2v) is 7.17. The summed E-state index contributed by atoms with van der Waals surface area (Å²) in [5, 5.41) is 6.66. The van der Waals surface area contributed by atoms with E-state index in [2.05, 4.69) is 53.8 Å². The van der Waals surface area contributed by atoms with Crippen molar-refractivity contribution < 1.29 is 4.74 Å². The zero-order chi connectivity index (χ0) is 15.1. The third-order valence-corrected chi connectivity index (χ3v) is 4.01. The lowest BCUT2D eigenvalue weighted by Gasteiger charge is -2.24. The lowest BCUT2D eigenvalue weighted by Crippen LogP contribution is -2.33. The monoisotopic (exact) mass is 304 g/mol. The molecule has 1 N–H and O–H groups in total. The smallest absolute Gasteiger partial charge is 0.0898 e. The second kappa shape index (κ2) is 7.69. The van der Waals surface area contributed by atoms with Gasteiger partial charge in [-0.2, -0.15) is 0 Å². The Kier molecular flexibility index (Phi) is 5.91. The van der Waals surface area contributed by atoms with E-state index in [1.165, 1.54) is 5.56 Å². The molecule has 0 unspecified atom stereocenters. The molecule has 0 spiro atoms. The van der Waals surface area contributed by atoms with Gasteiger partial charge in [0, 0.05) is 23.9 Å². The fraction of sp³-hybridized carbons (Fsp3) is 0.471. The van der Waals surface area contributed by atoms with E-state index in [1.54, 1.807) is 11.3 Å². The first-order valence-electron chi connectivity index (χ1n) is 7.29. The minimum absolute atomic E-state index is 0.111. The molecule has 114 valence electrons. The highest BCUT2D eigenvalue weighted by molar-refractivity contribution is 7.09. The van der Waals surface area contributed by atoms with Gasteiger partial charge in [-0.1, -0.05) is 44.2 Å². The van der Waals surface area contributed by atoms with Crippen molar-refractivity contribution in [2.45, 2.75) is 33.9 Å². The average Bonchev–Trinajstić information content (AvgIpc) is 2.85. The summed E-state index contributed by atoms with van der Waals surface area (Å²) >= 11 is 1.67. The van der Waals surface area contributed by atoms with Gasteiger partial charge in [0.2, 0.25) is 0 Å². The van der Waals surface area contributed by atoms with Crippen LogP contribution < -0.4 is 5.32 Å². The molecule has 2 rings (SSSR count). The Labute approximate surface area is 131 Å². The average molecular weight is 304 g/mol. The van der Waals surface area contributed by atoms with Gasteiger partial charge < -0.3 is 10.1 Å². The molecular formula is C17H24N2OS. The molecule has 4 heteroatoms. The zero-order valence-corrected chi connectivity index (χ0v) is 13.9. The summed E-state index contributed by atoms with van der Waals surface area (Å²) in [6.07, 6.45) is 0. The van der Waals surface area contributed by atoms with E-state index in [1.807, 2.05) is 13.0 Å². The third kappa shape index (κ3) is 5.96. The van der Waals surface area contributed by atoms with Crippen LogP contribution in [0.3, 0.4) is 0 Å². The molecule has 21 heavy (non-hydrogen) atoms. The van der Waals surface area contributed by atoms with E-state index in [0.29, 0.717) is 6.61 Å². The SMILES string of the molecule is Cc1nc(COCC(C)(C)CNCc2ccccc2)cs1. The van der Waals surface area contributed by atoms with Gasteiger partial charge in [-0.3, -0.25) is 0 Å². The highest BCUT2D eigenvalue weighted by Gasteiger charge is 2.17. The second-order valence-electron chi connectivity index (χ2n) is 6.10. The number of rotatable bonds is 8. The van der Waals surface area contributed by atoms with Crippen molar-refractivity contribution in [1.82, 2.24) is 10.3 Å². The molecule has 3 nitrogen and oxygen atoms in total. The fourth-order valence-electron chi connectivity index (χ4n) is 2.10. The van der Waals surface area contributed by atoms with E-state index in [4.69, 9.17) is 4.74 Å². The van der Waals surface area contributed by atoms with Crippen LogP contribution in [-0.4, -0.2) is 18.1 Å². The number of nitrogens with one attached hydrogen (secondary N) is 1. The number of thiazole rings is 1. The number of hydrogen-bond donors (Lipinski definition) is 1. The topological polar surface area (TPSA) is 34.1 Å². The van der Waals surface area contributed by atoms with Gasteiger partial charge in [0.15, 0.2) is 0 Å². The van der Waals surface area contributed by atoms with E-state index in [0.717, 1.165) is 30.4 Å². The Morgan fingerprint density at radius 3 is 2.67 bits per heavy atom. The van der Waals surface area contributed by atoms with Crippen molar-refractivity contribution in [3.05, 3.63) is 52.0 Å². The predicted octanol–water partition coefficient (Wildman–Crippen LogP) is 3.78. The first-order chi connectivity index (χ1) is 10.1. The Hall–Kier alpha value is -1.23. The maximum absolute atomic E-state index is 5.80. The van der Waals surface area contributed by atoms with Gasteiger partial charge in [-0.05, 0) is 12.5 Å².